The van der Waals surface area contributed by atoms with Crippen LogP contribution < -0.4 is 0 Å². The SMILES string of the molecule is CC(O)CO.CCCCC(CC)(CC)C(=O)O. The average molecular weight is 248 g/mol. The van der Waals surface area contributed by atoms with E-state index in [1.54, 1.807) is 0 Å². The van der Waals surface area contributed by atoms with Gasteiger partial charge in [-0.05, 0) is 26.2 Å². The van der Waals surface area contributed by atoms with E-state index in [1.165, 1.54) is 6.92 Å². The van der Waals surface area contributed by atoms with Crippen LogP contribution in [0.15, 0.2) is 0 Å². The van der Waals surface area contributed by atoms with Crippen LogP contribution in [0.3, 0.4) is 0 Å². The summed E-state index contributed by atoms with van der Waals surface area (Å²) in [6, 6.07) is 0. The lowest BCUT2D eigenvalue weighted by atomic mass is 9.78. The molecule has 0 radical (unpaired) electrons. The van der Waals surface area contributed by atoms with Crippen molar-refractivity contribution in [3.63, 3.8) is 0 Å². The topological polar surface area (TPSA) is 77.8 Å². The van der Waals surface area contributed by atoms with Gasteiger partial charge in [-0.2, -0.15) is 0 Å². The molecular formula is C13H28O4. The Balaban J connectivity index is 0. The summed E-state index contributed by atoms with van der Waals surface area (Å²) in [6.45, 7) is 7.42. The van der Waals surface area contributed by atoms with E-state index in [2.05, 4.69) is 6.92 Å². The van der Waals surface area contributed by atoms with Crippen molar-refractivity contribution in [2.75, 3.05) is 6.61 Å². The zero-order valence-electron chi connectivity index (χ0n) is 11.6. The predicted octanol–water partition coefficient (Wildman–Crippen LogP) is 2.43. The standard InChI is InChI=1S/C10H20O2.C3H8O2/c1-4-7-8-10(5-2,6-3)9(11)12;1-3(5)2-4/h4-8H2,1-3H3,(H,11,12);3-5H,2H2,1H3. The van der Waals surface area contributed by atoms with Crippen molar-refractivity contribution in [2.45, 2.75) is 65.9 Å². The van der Waals surface area contributed by atoms with Gasteiger partial charge >= 0.3 is 5.97 Å². The summed E-state index contributed by atoms with van der Waals surface area (Å²) in [6.07, 6.45) is 3.86. The second kappa shape index (κ2) is 10.5. The van der Waals surface area contributed by atoms with E-state index in [1.807, 2.05) is 13.8 Å². The molecule has 0 aromatic carbocycles. The van der Waals surface area contributed by atoms with Crippen LogP contribution >= 0.6 is 0 Å². The third kappa shape index (κ3) is 8.16. The molecule has 0 saturated carbocycles. The molecule has 0 aromatic rings. The first-order valence-electron chi connectivity index (χ1n) is 6.42. The summed E-state index contributed by atoms with van der Waals surface area (Å²) < 4.78 is 0. The van der Waals surface area contributed by atoms with Gasteiger partial charge in [0.25, 0.3) is 0 Å². The monoisotopic (exact) mass is 248 g/mol. The minimum Gasteiger partial charge on any atom is -0.481 e. The maximum atomic E-state index is 11.0. The van der Waals surface area contributed by atoms with Crippen molar-refractivity contribution in [1.29, 1.82) is 0 Å². The first-order chi connectivity index (χ1) is 7.90. The van der Waals surface area contributed by atoms with Crippen molar-refractivity contribution in [3.05, 3.63) is 0 Å². The zero-order valence-corrected chi connectivity index (χ0v) is 11.6. The van der Waals surface area contributed by atoms with Gasteiger partial charge < -0.3 is 15.3 Å². The number of aliphatic hydroxyl groups is 2. The lowest BCUT2D eigenvalue weighted by molar-refractivity contribution is -0.150. The molecule has 0 aliphatic heterocycles. The minimum absolute atomic E-state index is 0.139. The maximum Gasteiger partial charge on any atom is 0.309 e. The molecule has 0 aliphatic carbocycles. The van der Waals surface area contributed by atoms with Crippen molar-refractivity contribution in [2.24, 2.45) is 5.41 Å². The molecule has 1 atom stereocenters. The molecule has 0 aliphatic rings. The number of carboxylic acids is 1. The van der Waals surface area contributed by atoms with Crippen LogP contribution in [0, 0.1) is 5.41 Å². The molecule has 0 amide bonds. The molecule has 0 bridgehead atoms. The first-order valence-corrected chi connectivity index (χ1v) is 6.42. The Morgan fingerprint density at radius 3 is 1.82 bits per heavy atom. The van der Waals surface area contributed by atoms with Gasteiger partial charge in [0.1, 0.15) is 0 Å². The molecule has 0 saturated heterocycles. The smallest absolute Gasteiger partial charge is 0.309 e. The summed E-state index contributed by atoms with van der Waals surface area (Å²) in [5, 5.41) is 25.1. The Bertz CT molecular complexity index is 186. The number of aliphatic carboxylic acids is 1. The van der Waals surface area contributed by atoms with Gasteiger partial charge in [0.05, 0.1) is 18.1 Å². The van der Waals surface area contributed by atoms with Gasteiger partial charge in [-0.1, -0.05) is 33.6 Å². The molecular weight excluding hydrogens is 220 g/mol. The van der Waals surface area contributed by atoms with Gasteiger partial charge in [0.15, 0.2) is 0 Å². The molecule has 4 heteroatoms. The third-order valence-electron chi connectivity index (χ3n) is 3.08. The fraction of sp³-hybridized carbons (Fsp3) is 0.923. The van der Waals surface area contributed by atoms with E-state index in [0.717, 1.165) is 32.1 Å². The Kier molecular flexibility index (Phi) is 11.6. The summed E-state index contributed by atoms with van der Waals surface area (Å²) in [4.78, 5) is 11.0. The van der Waals surface area contributed by atoms with Crippen LogP contribution in [0.25, 0.3) is 0 Å². The highest BCUT2D eigenvalue weighted by Crippen LogP contribution is 2.32. The number of unbranched alkanes of at least 4 members (excludes halogenated alkanes) is 1. The van der Waals surface area contributed by atoms with Crippen LogP contribution in [-0.4, -0.2) is 34.0 Å². The number of hydrogen-bond donors (Lipinski definition) is 3. The second-order valence-electron chi connectivity index (χ2n) is 4.43. The van der Waals surface area contributed by atoms with Gasteiger partial charge in [-0.25, -0.2) is 0 Å². The van der Waals surface area contributed by atoms with Gasteiger partial charge in [-0.3, -0.25) is 4.79 Å². The summed E-state index contributed by atoms with van der Waals surface area (Å²) in [5.74, 6) is -0.624. The average Bonchev–Trinajstić information content (AvgIpc) is 2.31. The fourth-order valence-corrected chi connectivity index (χ4v) is 1.53. The molecule has 0 fully saturated rings. The van der Waals surface area contributed by atoms with Gasteiger partial charge in [0.2, 0.25) is 0 Å². The Hall–Kier alpha value is -0.610. The molecule has 0 aromatic heterocycles. The zero-order chi connectivity index (χ0) is 13.9. The number of aliphatic hydroxyl groups excluding tert-OH is 2. The maximum absolute atomic E-state index is 11.0. The van der Waals surface area contributed by atoms with E-state index in [0.29, 0.717) is 0 Å². The Labute approximate surface area is 105 Å². The van der Waals surface area contributed by atoms with Crippen molar-refractivity contribution < 1.29 is 20.1 Å². The van der Waals surface area contributed by atoms with Gasteiger partial charge in [-0.15, -0.1) is 0 Å². The summed E-state index contributed by atoms with van der Waals surface area (Å²) in [7, 11) is 0. The van der Waals surface area contributed by atoms with Crippen LogP contribution in [0.5, 0.6) is 0 Å². The van der Waals surface area contributed by atoms with E-state index < -0.39 is 17.5 Å². The highest BCUT2D eigenvalue weighted by atomic mass is 16.4. The number of carbonyl (C=O) groups is 1. The largest absolute Gasteiger partial charge is 0.481 e. The van der Waals surface area contributed by atoms with Gasteiger partial charge in [0, 0.05) is 0 Å². The number of rotatable bonds is 7. The lowest BCUT2D eigenvalue weighted by Gasteiger charge is -2.26. The summed E-state index contributed by atoms with van der Waals surface area (Å²) in [5.41, 5.74) is -0.448. The summed E-state index contributed by atoms with van der Waals surface area (Å²) >= 11 is 0. The number of carboxylic acid groups (broad SMARTS) is 1. The Morgan fingerprint density at radius 1 is 1.24 bits per heavy atom. The first kappa shape index (κ1) is 18.7. The molecule has 17 heavy (non-hydrogen) atoms. The van der Waals surface area contributed by atoms with Crippen LogP contribution in [0.2, 0.25) is 0 Å². The van der Waals surface area contributed by atoms with Crippen molar-refractivity contribution in [3.8, 4) is 0 Å². The molecule has 0 spiro atoms. The van der Waals surface area contributed by atoms with Crippen LogP contribution in [0.1, 0.15) is 59.8 Å². The quantitative estimate of drug-likeness (QED) is 0.646. The molecule has 4 nitrogen and oxygen atoms in total. The van der Waals surface area contributed by atoms with Crippen LogP contribution in [0.4, 0.5) is 0 Å². The number of hydrogen-bond acceptors (Lipinski definition) is 3. The highest BCUT2D eigenvalue weighted by Gasteiger charge is 2.33. The molecule has 0 heterocycles. The lowest BCUT2D eigenvalue weighted by Crippen LogP contribution is -2.29. The Morgan fingerprint density at radius 2 is 1.65 bits per heavy atom. The normalized spacial score (nSPS) is 12.6. The van der Waals surface area contributed by atoms with E-state index in [9.17, 15) is 4.79 Å². The van der Waals surface area contributed by atoms with Crippen molar-refractivity contribution >= 4 is 5.97 Å². The molecule has 0 rings (SSSR count). The predicted molar refractivity (Wildman–Crippen MR) is 68.9 cm³/mol. The van der Waals surface area contributed by atoms with Crippen molar-refractivity contribution in [1.82, 2.24) is 0 Å². The molecule has 104 valence electrons. The van der Waals surface area contributed by atoms with E-state index in [-0.39, 0.29) is 6.61 Å². The van der Waals surface area contributed by atoms with E-state index in [4.69, 9.17) is 15.3 Å². The third-order valence-corrected chi connectivity index (χ3v) is 3.08. The van der Waals surface area contributed by atoms with Crippen LogP contribution in [-0.2, 0) is 4.79 Å². The molecule has 3 N–H and O–H groups in total. The van der Waals surface area contributed by atoms with E-state index >= 15 is 0 Å². The second-order valence-corrected chi connectivity index (χ2v) is 4.43. The fourth-order valence-electron chi connectivity index (χ4n) is 1.53. The molecule has 1 unspecified atom stereocenters. The minimum atomic E-state index is -0.624. The highest BCUT2D eigenvalue weighted by molar-refractivity contribution is 5.74.